The van der Waals surface area contributed by atoms with Crippen molar-refractivity contribution >= 4 is 12.0 Å². The highest BCUT2D eigenvalue weighted by Gasteiger charge is 2.14. The van der Waals surface area contributed by atoms with Gasteiger partial charge in [0.1, 0.15) is 0 Å². The number of hydrogen-bond donors (Lipinski definition) is 1. The maximum Gasteiger partial charge on any atom is 0.317 e. The summed E-state index contributed by atoms with van der Waals surface area (Å²) in [5, 5.41) is 2.95. The van der Waals surface area contributed by atoms with Crippen LogP contribution in [-0.4, -0.2) is 43.6 Å². The fourth-order valence-electron chi connectivity index (χ4n) is 2.25. The first-order valence-corrected chi connectivity index (χ1v) is 7.33. The van der Waals surface area contributed by atoms with E-state index in [-0.39, 0.29) is 12.0 Å². The number of carbonyl (C=O) groups excluding carboxylic acids is 2. The van der Waals surface area contributed by atoms with Gasteiger partial charge in [-0.25, -0.2) is 4.79 Å². The predicted molar refractivity (Wildman–Crippen MR) is 73.9 cm³/mol. The van der Waals surface area contributed by atoms with Crippen molar-refractivity contribution in [3.8, 4) is 0 Å². The molecule has 0 aromatic heterocycles. The van der Waals surface area contributed by atoms with Gasteiger partial charge >= 0.3 is 12.0 Å². The maximum absolute atomic E-state index is 11.9. The van der Waals surface area contributed by atoms with E-state index in [1.54, 1.807) is 0 Å². The van der Waals surface area contributed by atoms with Gasteiger partial charge in [0.05, 0.1) is 7.11 Å². The molecule has 0 unspecified atom stereocenters. The van der Waals surface area contributed by atoms with Gasteiger partial charge in [0.25, 0.3) is 0 Å². The van der Waals surface area contributed by atoms with E-state index in [1.165, 1.54) is 20.0 Å². The standard InChI is InChI=1S/C14H26N2O3/c1-19-13(17)9-5-4-6-10-15-14(18)16-11-7-2-3-8-12-16/h2-12H2,1H3,(H,15,18). The van der Waals surface area contributed by atoms with E-state index < -0.39 is 0 Å². The van der Waals surface area contributed by atoms with Crippen LogP contribution in [0.2, 0.25) is 0 Å². The van der Waals surface area contributed by atoms with Gasteiger partial charge in [0.15, 0.2) is 0 Å². The minimum absolute atomic E-state index is 0.0647. The first-order valence-electron chi connectivity index (χ1n) is 7.33. The van der Waals surface area contributed by atoms with Crippen molar-refractivity contribution in [2.75, 3.05) is 26.7 Å². The topological polar surface area (TPSA) is 58.6 Å². The van der Waals surface area contributed by atoms with Crippen molar-refractivity contribution in [2.45, 2.75) is 51.4 Å². The molecule has 1 N–H and O–H groups in total. The van der Waals surface area contributed by atoms with Crippen molar-refractivity contribution in [2.24, 2.45) is 0 Å². The molecule has 0 spiro atoms. The Kier molecular flexibility index (Phi) is 8.02. The largest absolute Gasteiger partial charge is 0.469 e. The normalized spacial score (nSPS) is 15.7. The van der Waals surface area contributed by atoms with E-state index in [2.05, 4.69) is 10.1 Å². The molecule has 0 bridgehead atoms. The molecule has 5 heteroatoms. The van der Waals surface area contributed by atoms with Gasteiger partial charge in [0, 0.05) is 26.1 Å². The summed E-state index contributed by atoms with van der Waals surface area (Å²) in [6.07, 6.45) is 7.85. The first kappa shape index (κ1) is 15.8. The molecule has 1 fully saturated rings. The third kappa shape index (κ3) is 7.03. The van der Waals surface area contributed by atoms with Crippen LogP contribution in [0.25, 0.3) is 0 Å². The molecule has 0 aromatic carbocycles. The van der Waals surface area contributed by atoms with Gasteiger partial charge in [-0.1, -0.05) is 19.3 Å². The molecule has 1 rings (SSSR count). The number of amides is 2. The smallest absolute Gasteiger partial charge is 0.317 e. The highest BCUT2D eigenvalue weighted by Crippen LogP contribution is 2.09. The van der Waals surface area contributed by atoms with Crippen LogP contribution in [0.15, 0.2) is 0 Å². The van der Waals surface area contributed by atoms with Gasteiger partial charge < -0.3 is 15.0 Å². The van der Waals surface area contributed by atoms with Crippen LogP contribution in [-0.2, 0) is 9.53 Å². The van der Waals surface area contributed by atoms with Gasteiger partial charge in [0.2, 0.25) is 0 Å². The number of carbonyl (C=O) groups is 2. The number of hydrogen-bond acceptors (Lipinski definition) is 3. The summed E-state index contributed by atoms with van der Waals surface area (Å²) in [7, 11) is 1.41. The Labute approximate surface area is 115 Å². The van der Waals surface area contributed by atoms with Crippen LogP contribution >= 0.6 is 0 Å². The molecule has 110 valence electrons. The SMILES string of the molecule is COC(=O)CCCCCNC(=O)N1CCCCCC1. The zero-order valence-electron chi connectivity index (χ0n) is 12.0. The Hall–Kier alpha value is -1.26. The van der Waals surface area contributed by atoms with Gasteiger partial charge in [-0.2, -0.15) is 0 Å². The van der Waals surface area contributed by atoms with Crippen molar-refractivity contribution < 1.29 is 14.3 Å². The predicted octanol–water partition coefficient (Wildman–Crippen LogP) is 2.31. The van der Waals surface area contributed by atoms with Gasteiger partial charge in [-0.15, -0.1) is 0 Å². The van der Waals surface area contributed by atoms with Crippen LogP contribution in [0.1, 0.15) is 51.4 Å². The molecule has 1 saturated heterocycles. The second-order valence-corrected chi connectivity index (χ2v) is 5.02. The number of ether oxygens (including phenoxy) is 1. The highest BCUT2D eigenvalue weighted by molar-refractivity contribution is 5.74. The number of rotatable bonds is 6. The zero-order valence-corrected chi connectivity index (χ0v) is 12.0. The number of unbranched alkanes of at least 4 members (excludes halogenated alkanes) is 2. The average Bonchev–Trinajstić information content (AvgIpc) is 2.71. The summed E-state index contributed by atoms with van der Waals surface area (Å²) in [5.74, 6) is -0.159. The quantitative estimate of drug-likeness (QED) is 0.595. The second kappa shape index (κ2) is 9.64. The molecule has 1 aliphatic rings. The highest BCUT2D eigenvalue weighted by atomic mass is 16.5. The average molecular weight is 270 g/mol. The molecule has 1 aliphatic heterocycles. The van der Waals surface area contributed by atoms with Crippen molar-refractivity contribution in [3.05, 3.63) is 0 Å². The molecule has 19 heavy (non-hydrogen) atoms. The number of nitrogens with zero attached hydrogens (tertiary/aromatic N) is 1. The summed E-state index contributed by atoms with van der Waals surface area (Å²) < 4.78 is 4.57. The summed E-state index contributed by atoms with van der Waals surface area (Å²) in [5.41, 5.74) is 0. The lowest BCUT2D eigenvalue weighted by Gasteiger charge is -2.20. The Morgan fingerprint density at radius 3 is 2.37 bits per heavy atom. The molecule has 5 nitrogen and oxygen atoms in total. The van der Waals surface area contributed by atoms with E-state index in [1.807, 2.05) is 4.90 Å². The van der Waals surface area contributed by atoms with E-state index in [4.69, 9.17) is 0 Å². The number of urea groups is 1. The van der Waals surface area contributed by atoms with Crippen LogP contribution in [0.3, 0.4) is 0 Å². The summed E-state index contributed by atoms with van der Waals surface area (Å²) in [4.78, 5) is 24.7. The number of methoxy groups -OCH3 is 1. The lowest BCUT2D eigenvalue weighted by atomic mass is 10.2. The lowest BCUT2D eigenvalue weighted by Crippen LogP contribution is -2.40. The third-order valence-electron chi connectivity index (χ3n) is 3.45. The van der Waals surface area contributed by atoms with Crippen LogP contribution in [0, 0.1) is 0 Å². The van der Waals surface area contributed by atoms with E-state index in [0.717, 1.165) is 45.2 Å². The molecule has 0 aromatic rings. The monoisotopic (exact) mass is 270 g/mol. The van der Waals surface area contributed by atoms with Crippen molar-refractivity contribution in [3.63, 3.8) is 0 Å². The Morgan fingerprint density at radius 1 is 1.05 bits per heavy atom. The van der Waals surface area contributed by atoms with E-state index in [0.29, 0.717) is 13.0 Å². The van der Waals surface area contributed by atoms with E-state index in [9.17, 15) is 9.59 Å². The van der Waals surface area contributed by atoms with Crippen LogP contribution < -0.4 is 5.32 Å². The molecule has 0 aliphatic carbocycles. The van der Waals surface area contributed by atoms with Crippen molar-refractivity contribution in [1.82, 2.24) is 10.2 Å². The second-order valence-electron chi connectivity index (χ2n) is 5.02. The number of likely N-dealkylation sites (tertiary alicyclic amines) is 1. The van der Waals surface area contributed by atoms with Crippen molar-refractivity contribution in [1.29, 1.82) is 0 Å². The minimum Gasteiger partial charge on any atom is -0.469 e. The van der Waals surface area contributed by atoms with Crippen LogP contribution in [0.5, 0.6) is 0 Å². The number of esters is 1. The Balaban J connectivity index is 2.01. The lowest BCUT2D eigenvalue weighted by molar-refractivity contribution is -0.140. The summed E-state index contributed by atoms with van der Waals surface area (Å²) in [6.45, 7) is 2.46. The van der Waals surface area contributed by atoms with Gasteiger partial charge in [-0.3, -0.25) is 4.79 Å². The summed E-state index contributed by atoms with van der Waals surface area (Å²) >= 11 is 0. The fraction of sp³-hybridized carbons (Fsp3) is 0.857. The number of nitrogens with one attached hydrogen (secondary N) is 1. The molecular formula is C14H26N2O3. The van der Waals surface area contributed by atoms with E-state index >= 15 is 0 Å². The minimum atomic E-state index is -0.159. The first-order chi connectivity index (χ1) is 9.24. The molecule has 0 radical (unpaired) electrons. The Morgan fingerprint density at radius 2 is 1.74 bits per heavy atom. The molecule has 0 saturated carbocycles. The fourth-order valence-corrected chi connectivity index (χ4v) is 2.25. The molecular weight excluding hydrogens is 244 g/mol. The maximum atomic E-state index is 11.9. The summed E-state index contributed by atoms with van der Waals surface area (Å²) in [6, 6.07) is 0.0647. The molecule has 0 atom stereocenters. The zero-order chi connectivity index (χ0) is 13.9. The van der Waals surface area contributed by atoms with Gasteiger partial charge in [-0.05, 0) is 25.7 Å². The molecule has 1 heterocycles. The Bertz CT molecular complexity index is 274. The molecule has 2 amide bonds. The van der Waals surface area contributed by atoms with Crippen LogP contribution in [0.4, 0.5) is 4.79 Å². The third-order valence-corrected chi connectivity index (χ3v) is 3.45.